The van der Waals surface area contributed by atoms with Gasteiger partial charge in [0.1, 0.15) is 11.6 Å². The molecule has 5 unspecified atom stereocenters. The summed E-state index contributed by atoms with van der Waals surface area (Å²) in [6, 6.07) is 0. The Morgan fingerprint density at radius 3 is 1.24 bits per heavy atom. The average Bonchev–Trinajstić information content (AvgIpc) is 3.02. The molecular weight excluding hydrogens is 552 g/mol. The minimum Gasteiger partial charge on any atom is -0.381 e. The summed E-state index contributed by atoms with van der Waals surface area (Å²) in [5, 5.41) is 0. The first-order valence-corrected chi connectivity index (χ1v) is 19.8. The molecule has 0 spiro atoms. The van der Waals surface area contributed by atoms with Crippen LogP contribution in [-0.4, -0.2) is 24.8 Å². The molecule has 45 heavy (non-hydrogen) atoms. The average molecular weight is 639 g/mol. The molecule has 1 aliphatic heterocycles. The lowest BCUT2D eigenvalue weighted by atomic mass is 9.85. The topological polar surface area (TPSA) is 43.4 Å². The number of hydrogen-bond donors (Lipinski definition) is 0. The number of carbonyl (C=O) groups is 2. The molecule has 5 atom stereocenters. The number of rotatable bonds is 20. The number of unbranched alkanes of at least 4 members (excludes halogenated alkanes) is 1. The summed E-state index contributed by atoms with van der Waals surface area (Å²) in [5.74, 6) is 6.86. The Morgan fingerprint density at radius 1 is 0.578 bits per heavy atom. The van der Waals surface area contributed by atoms with E-state index in [-0.39, 0.29) is 0 Å². The van der Waals surface area contributed by atoms with Gasteiger partial charge in [-0.1, -0.05) is 147 Å². The quantitative estimate of drug-likeness (QED) is 0.133. The molecule has 0 aliphatic carbocycles. The first-order valence-electron chi connectivity index (χ1n) is 19.8. The maximum atomic E-state index is 10.9. The molecular formula is C42H86O3. The van der Waals surface area contributed by atoms with Gasteiger partial charge in [0.15, 0.2) is 0 Å². The predicted molar refractivity (Wildman–Crippen MR) is 202 cm³/mol. The molecule has 1 saturated heterocycles. The Bertz CT molecular complexity index is 606. The van der Waals surface area contributed by atoms with Gasteiger partial charge in [-0.3, -0.25) is 9.59 Å². The molecule has 1 fully saturated rings. The zero-order valence-corrected chi connectivity index (χ0v) is 33.6. The van der Waals surface area contributed by atoms with Gasteiger partial charge in [-0.25, -0.2) is 0 Å². The molecule has 0 bridgehead atoms. The van der Waals surface area contributed by atoms with E-state index in [1.165, 1.54) is 77.0 Å². The molecule has 3 nitrogen and oxygen atoms in total. The van der Waals surface area contributed by atoms with E-state index >= 15 is 0 Å². The third-order valence-corrected chi connectivity index (χ3v) is 10.4. The molecule has 1 rings (SSSR count). The fourth-order valence-electron chi connectivity index (χ4n) is 6.02. The van der Waals surface area contributed by atoms with Crippen LogP contribution in [0.25, 0.3) is 0 Å². The second kappa shape index (κ2) is 33.2. The summed E-state index contributed by atoms with van der Waals surface area (Å²) in [4.78, 5) is 21.6. The lowest BCUT2D eigenvalue weighted by Gasteiger charge is -2.21. The van der Waals surface area contributed by atoms with Gasteiger partial charge in [-0.2, -0.15) is 0 Å². The van der Waals surface area contributed by atoms with Crippen molar-refractivity contribution >= 4 is 11.6 Å². The van der Waals surface area contributed by atoms with Crippen LogP contribution in [0.2, 0.25) is 0 Å². The Labute approximate surface area is 285 Å². The van der Waals surface area contributed by atoms with Crippen molar-refractivity contribution in [2.24, 2.45) is 47.3 Å². The van der Waals surface area contributed by atoms with Crippen LogP contribution in [0.5, 0.6) is 0 Å². The van der Waals surface area contributed by atoms with Crippen molar-refractivity contribution in [2.45, 2.75) is 200 Å². The molecule has 3 heteroatoms. The SMILES string of the molecule is CC(=O)C1CCOCC1.CCCC(CCC(C)CC)C(C)C.CCCC(CCC(C)CC)C(C)C.CCCCC(CC)C(C)=O. The highest BCUT2D eigenvalue weighted by atomic mass is 16.5. The van der Waals surface area contributed by atoms with Crippen LogP contribution in [0, 0.1) is 47.3 Å². The van der Waals surface area contributed by atoms with E-state index in [0.717, 1.165) is 74.4 Å². The fourth-order valence-corrected chi connectivity index (χ4v) is 6.02. The van der Waals surface area contributed by atoms with Crippen molar-refractivity contribution < 1.29 is 14.3 Å². The first-order chi connectivity index (χ1) is 21.2. The maximum absolute atomic E-state index is 10.9. The molecule has 0 radical (unpaired) electrons. The predicted octanol–water partition coefficient (Wildman–Crippen LogP) is 13.6. The first kappa shape index (κ1) is 48.7. The van der Waals surface area contributed by atoms with Crippen molar-refractivity contribution in [3.63, 3.8) is 0 Å². The smallest absolute Gasteiger partial charge is 0.133 e. The normalized spacial score (nSPS) is 16.6. The van der Waals surface area contributed by atoms with Crippen LogP contribution in [0.15, 0.2) is 0 Å². The van der Waals surface area contributed by atoms with Crippen LogP contribution >= 0.6 is 0 Å². The van der Waals surface area contributed by atoms with Gasteiger partial charge in [0.25, 0.3) is 0 Å². The zero-order chi connectivity index (χ0) is 35.2. The molecule has 0 aromatic heterocycles. The van der Waals surface area contributed by atoms with Crippen molar-refractivity contribution in [3.05, 3.63) is 0 Å². The van der Waals surface area contributed by atoms with Crippen molar-refractivity contribution in [1.29, 1.82) is 0 Å². The van der Waals surface area contributed by atoms with Gasteiger partial charge in [-0.15, -0.1) is 0 Å². The van der Waals surface area contributed by atoms with Crippen LogP contribution in [0.4, 0.5) is 0 Å². The Morgan fingerprint density at radius 2 is 1.00 bits per heavy atom. The summed E-state index contributed by atoms with van der Waals surface area (Å²) in [6.45, 7) is 32.6. The summed E-state index contributed by atoms with van der Waals surface area (Å²) in [6.07, 6.45) is 20.3. The van der Waals surface area contributed by atoms with Crippen LogP contribution in [-0.2, 0) is 14.3 Å². The highest BCUT2D eigenvalue weighted by molar-refractivity contribution is 5.78. The molecule has 1 aliphatic rings. The Kier molecular flexibility index (Phi) is 35.9. The molecule has 0 N–H and O–H groups in total. The van der Waals surface area contributed by atoms with E-state index < -0.39 is 0 Å². The largest absolute Gasteiger partial charge is 0.381 e. The maximum Gasteiger partial charge on any atom is 0.133 e. The number of carbonyl (C=O) groups excluding carboxylic acids is 2. The number of Topliss-reactive ketones (excluding diaryl/α,β-unsaturated/α-hetero) is 2. The van der Waals surface area contributed by atoms with Crippen molar-refractivity contribution in [3.8, 4) is 0 Å². The number of hydrogen-bond acceptors (Lipinski definition) is 3. The molecule has 1 heterocycles. The summed E-state index contributed by atoms with van der Waals surface area (Å²) in [5.41, 5.74) is 0. The summed E-state index contributed by atoms with van der Waals surface area (Å²) in [7, 11) is 0. The van der Waals surface area contributed by atoms with E-state index in [0.29, 0.717) is 23.4 Å². The zero-order valence-electron chi connectivity index (χ0n) is 33.6. The van der Waals surface area contributed by atoms with E-state index in [1.54, 1.807) is 13.8 Å². The molecule has 0 saturated carbocycles. The van der Waals surface area contributed by atoms with E-state index in [2.05, 4.69) is 83.1 Å². The molecule has 0 amide bonds. The second-order valence-electron chi connectivity index (χ2n) is 15.1. The monoisotopic (exact) mass is 639 g/mol. The van der Waals surface area contributed by atoms with Crippen molar-refractivity contribution in [2.75, 3.05) is 13.2 Å². The highest BCUT2D eigenvalue weighted by Crippen LogP contribution is 2.26. The molecule has 0 aromatic rings. The highest BCUT2D eigenvalue weighted by Gasteiger charge is 2.17. The minimum atomic E-state index is 0.291. The van der Waals surface area contributed by atoms with Gasteiger partial charge < -0.3 is 4.74 Å². The van der Waals surface area contributed by atoms with Gasteiger partial charge in [0.05, 0.1) is 0 Å². The van der Waals surface area contributed by atoms with Crippen LogP contribution in [0.3, 0.4) is 0 Å². The Hall–Kier alpha value is -0.700. The third-order valence-electron chi connectivity index (χ3n) is 10.4. The third kappa shape index (κ3) is 30.4. The van der Waals surface area contributed by atoms with E-state index in [9.17, 15) is 9.59 Å². The Balaban J connectivity index is -0.000000528. The lowest BCUT2D eigenvalue weighted by Crippen LogP contribution is -2.21. The number of ketones is 2. The second-order valence-corrected chi connectivity index (χ2v) is 15.1. The standard InChI is InChI=1S/2C13H28.C9H18O.C7H12O2/c2*1-6-8-13(11(3)4)10-9-12(5)7-2;1-4-6-7-9(5-2)8(3)10;1-6(8)7-2-4-9-5-3-7/h2*11-13H,6-10H2,1-5H3;9H,4-7H2,1-3H3;7H,2-5H2,1H3. The fraction of sp³-hybridized carbons (Fsp3) is 0.952. The van der Waals surface area contributed by atoms with E-state index in [4.69, 9.17) is 4.74 Å². The van der Waals surface area contributed by atoms with Gasteiger partial charge >= 0.3 is 0 Å². The van der Waals surface area contributed by atoms with Gasteiger partial charge in [0, 0.05) is 25.0 Å². The van der Waals surface area contributed by atoms with Gasteiger partial charge in [-0.05, 0) is 87.9 Å². The number of ether oxygens (including phenoxy) is 1. The van der Waals surface area contributed by atoms with Crippen LogP contribution in [0.1, 0.15) is 200 Å². The van der Waals surface area contributed by atoms with Crippen molar-refractivity contribution in [1.82, 2.24) is 0 Å². The van der Waals surface area contributed by atoms with Gasteiger partial charge in [0.2, 0.25) is 0 Å². The lowest BCUT2D eigenvalue weighted by molar-refractivity contribution is -0.123. The summed E-state index contributed by atoms with van der Waals surface area (Å²) < 4.78 is 5.10. The molecule has 272 valence electrons. The summed E-state index contributed by atoms with van der Waals surface area (Å²) >= 11 is 0. The van der Waals surface area contributed by atoms with E-state index in [1.807, 2.05) is 0 Å². The minimum absolute atomic E-state index is 0.291. The molecule has 0 aromatic carbocycles. The van der Waals surface area contributed by atoms with Crippen LogP contribution < -0.4 is 0 Å².